The Labute approximate surface area is 115 Å². The number of benzene rings is 2. The van der Waals surface area contributed by atoms with Crippen LogP contribution in [0.3, 0.4) is 0 Å². The van der Waals surface area contributed by atoms with Crippen molar-refractivity contribution in [1.29, 1.82) is 0 Å². The minimum Gasteiger partial charge on any atom is -0.0626 e. The average molecular weight is 248 g/mol. The molecule has 0 unspecified atom stereocenters. The molecule has 1 aliphatic rings. The Morgan fingerprint density at radius 1 is 0.947 bits per heavy atom. The molecule has 0 aromatic heterocycles. The predicted octanol–water partition coefficient (Wildman–Crippen LogP) is 5.26. The van der Waals surface area contributed by atoms with Crippen molar-refractivity contribution < 1.29 is 0 Å². The molecule has 0 N–H and O–H groups in total. The summed E-state index contributed by atoms with van der Waals surface area (Å²) in [5, 5.41) is 0. The van der Waals surface area contributed by atoms with E-state index in [1.165, 1.54) is 27.8 Å². The molecule has 19 heavy (non-hydrogen) atoms. The summed E-state index contributed by atoms with van der Waals surface area (Å²) >= 11 is 0. The maximum atomic E-state index is 2.41. The van der Waals surface area contributed by atoms with Crippen molar-refractivity contribution in [2.45, 2.75) is 27.2 Å². The zero-order chi connectivity index (χ0) is 13.4. The third-order valence-electron chi connectivity index (χ3n) is 4.07. The van der Waals surface area contributed by atoms with Crippen molar-refractivity contribution in [2.75, 3.05) is 0 Å². The molecule has 2 aromatic carbocycles. The predicted molar refractivity (Wildman–Crippen MR) is 83.1 cm³/mol. The molecule has 0 aliphatic heterocycles. The molecule has 1 aliphatic carbocycles. The Morgan fingerprint density at radius 2 is 1.68 bits per heavy atom. The van der Waals surface area contributed by atoms with Gasteiger partial charge in [0.25, 0.3) is 0 Å². The Morgan fingerprint density at radius 3 is 2.37 bits per heavy atom. The molecule has 0 atom stereocenters. The highest BCUT2D eigenvalue weighted by atomic mass is 14.2. The van der Waals surface area contributed by atoms with E-state index in [9.17, 15) is 0 Å². The molecule has 2 aromatic rings. The number of fused-ring (bicyclic) bond motifs is 1. The fourth-order valence-corrected chi connectivity index (χ4v) is 2.91. The van der Waals surface area contributed by atoms with E-state index in [1.54, 1.807) is 5.57 Å². The third-order valence-corrected chi connectivity index (χ3v) is 4.07. The normalized spacial score (nSPS) is 13.6. The summed E-state index contributed by atoms with van der Waals surface area (Å²) in [6.45, 7) is 6.78. The highest BCUT2D eigenvalue weighted by molar-refractivity contribution is 5.83. The summed E-state index contributed by atoms with van der Waals surface area (Å²) < 4.78 is 0. The lowest BCUT2D eigenvalue weighted by Gasteiger charge is -2.11. The first-order valence-corrected chi connectivity index (χ1v) is 7.05. The quantitative estimate of drug-likeness (QED) is 0.680. The van der Waals surface area contributed by atoms with Gasteiger partial charge in [-0.3, -0.25) is 0 Å². The molecule has 0 bridgehead atoms. The summed E-state index contributed by atoms with van der Waals surface area (Å²) in [6.07, 6.45) is 3.53. The van der Waals surface area contributed by atoms with Crippen LogP contribution in [0.5, 0.6) is 0 Å². The maximum absolute atomic E-state index is 2.41. The lowest BCUT2D eigenvalue weighted by atomic mass is 9.93. The van der Waals surface area contributed by atoms with Gasteiger partial charge in [-0.1, -0.05) is 68.0 Å². The van der Waals surface area contributed by atoms with Crippen LogP contribution in [0.1, 0.15) is 30.5 Å². The molecule has 96 valence electrons. The average Bonchev–Trinajstić information content (AvgIpc) is 2.83. The lowest BCUT2D eigenvalue weighted by molar-refractivity contribution is 0.754. The standard InChI is InChI=1S/C19H20/c1-13(2)17-11-16-10-9-14(3)19(18(16)12-17)15-7-5-4-6-8-15/h4-10,12-13H,11H2,1-3H3. The summed E-state index contributed by atoms with van der Waals surface area (Å²) in [5.74, 6) is 0.635. The van der Waals surface area contributed by atoms with Gasteiger partial charge in [-0.2, -0.15) is 0 Å². The third kappa shape index (κ3) is 2.12. The maximum Gasteiger partial charge on any atom is -0.00550 e. The van der Waals surface area contributed by atoms with Crippen molar-refractivity contribution in [3.63, 3.8) is 0 Å². The monoisotopic (exact) mass is 248 g/mol. The van der Waals surface area contributed by atoms with Gasteiger partial charge in [0.2, 0.25) is 0 Å². The molecule has 0 radical (unpaired) electrons. The zero-order valence-corrected chi connectivity index (χ0v) is 11.9. The Bertz CT molecular complexity index is 631. The Balaban J connectivity index is 2.19. The van der Waals surface area contributed by atoms with Crippen LogP contribution < -0.4 is 0 Å². The lowest BCUT2D eigenvalue weighted by Crippen LogP contribution is -1.93. The first-order chi connectivity index (χ1) is 9.16. The molecule has 0 fully saturated rings. The van der Waals surface area contributed by atoms with Gasteiger partial charge in [0.1, 0.15) is 0 Å². The van der Waals surface area contributed by atoms with Gasteiger partial charge in [0, 0.05) is 0 Å². The van der Waals surface area contributed by atoms with Crippen LogP contribution in [0.4, 0.5) is 0 Å². The van der Waals surface area contributed by atoms with E-state index in [4.69, 9.17) is 0 Å². The molecular weight excluding hydrogens is 228 g/mol. The second kappa shape index (κ2) is 4.70. The molecule has 0 saturated carbocycles. The van der Waals surface area contributed by atoms with E-state index in [0.29, 0.717) is 5.92 Å². The Hall–Kier alpha value is -1.82. The number of aryl methyl sites for hydroxylation is 1. The van der Waals surface area contributed by atoms with Crippen LogP contribution in [-0.4, -0.2) is 0 Å². The minimum atomic E-state index is 0.635. The van der Waals surface area contributed by atoms with E-state index in [-0.39, 0.29) is 0 Å². The van der Waals surface area contributed by atoms with Crippen molar-refractivity contribution in [3.05, 3.63) is 64.7 Å². The summed E-state index contributed by atoms with van der Waals surface area (Å²) in [7, 11) is 0. The fraction of sp³-hybridized carbons (Fsp3) is 0.263. The second-order valence-corrected chi connectivity index (χ2v) is 5.75. The van der Waals surface area contributed by atoms with Gasteiger partial charge in [0.15, 0.2) is 0 Å². The second-order valence-electron chi connectivity index (χ2n) is 5.75. The van der Waals surface area contributed by atoms with Gasteiger partial charge in [-0.15, -0.1) is 0 Å². The fourth-order valence-electron chi connectivity index (χ4n) is 2.91. The van der Waals surface area contributed by atoms with Crippen molar-refractivity contribution in [1.82, 2.24) is 0 Å². The zero-order valence-electron chi connectivity index (χ0n) is 11.9. The number of hydrogen-bond acceptors (Lipinski definition) is 0. The molecule has 0 amide bonds. The van der Waals surface area contributed by atoms with Crippen LogP contribution in [-0.2, 0) is 6.42 Å². The molecule has 0 spiro atoms. The van der Waals surface area contributed by atoms with Gasteiger partial charge in [-0.05, 0) is 47.1 Å². The van der Waals surface area contributed by atoms with Gasteiger partial charge in [-0.25, -0.2) is 0 Å². The van der Waals surface area contributed by atoms with Gasteiger partial charge in [0.05, 0.1) is 0 Å². The van der Waals surface area contributed by atoms with Gasteiger partial charge >= 0.3 is 0 Å². The first kappa shape index (κ1) is 12.2. The minimum absolute atomic E-state index is 0.635. The largest absolute Gasteiger partial charge is 0.0626 e. The van der Waals surface area contributed by atoms with Crippen LogP contribution in [0.15, 0.2) is 48.0 Å². The summed E-state index contributed by atoms with van der Waals surface area (Å²) in [6, 6.07) is 15.3. The summed E-state index contributed by atoms with van der Waals surface area (Å²) in [5.41, 5.74) is 8.58. The van der Waals surface area contributed by atoms with Crippen LogP contribution in [0.25, 0.3) is 17.2 Å². The molecule has 0 heterocycles. The molecule has 0 nitrogen and oxygen atoms in total. The van der Waals surface area contributed by atoms with Crippen LogP contribution in [0.2, 0.25) is 0 Å². The smallest absolute Gasteiger partial charge is 0.00550 e. The molecule has 0 saturated heterocycles. The van der Waals surface area contributed by atoms with Crippen LogP contribution >= 0.6 is 0 Å². The van der Waals surface area contributed by atoms with Crippen LogP contribution in [0, 0.1) is 12.8 Å². The van der Waals surface area contributed by atoms with E-state index in [0.717, 1.165) is 6.42 Å². The Kier molecular flexibility index (Phi) is 3.02. The van der Waals surface area contributed by atoms with E-state index in [1.807, 2.05) is 0 Å². The van der Waals surface area contributed by atoms with E-state index in [2.05, 4.69) is 69.3 Å². The summed E-state index contributed by atoms with van der Waals surface area (Å²) in [4.78, 5) is 0. The molecule has 3 rings (SSSR count). The number of hydrogen-bond donors (Lipinski definition) is 0. The van der Waals surface area contributed by atoms with Crippen molar-refractivity contribution in [2.24, 2.45) is 5.92 Å². The first-order valence-electron chi connectivity index (χ1n) is 7.05. The topological polar surface area (TPSA) is 0 Å². The molecule has 0 heteroatoms. The molecular formula is C19H20. The van der Waals surface area contributed by atoms with Gasteiger partial charge < -0.3 is 0 Å². The number of allylic oxidation sites excluding steroid dienone is 1. The van der Waals surface area contributed by atoms with E-state index < -0.39 is 0 Å². The highest BCUT2D eigenvalue weighted by Crippen LogP contribution is 2.38. The van der Waals surface area contributed by atoms with Crippen molar-refractivity contribution in [3.8, 4) is 11.1 Å². The SMILES string of the molecule is Cc1ccc2c(c1-c1ccccc1)C=C(C(C)C)C2. The van der Waals surface area contributed by atoms with Crippen molar-refractivity contribution >= 4 is 6.08 Å². The highest BCUT2D eigenvalue weighted by Gasteiger charge is 2.19. The number of rotatable bonds is 2. The van der Waals surface area contributed by atoms with E-state index >= 15 is 0 Å².